The number of tetrazole rings is 1. The molecule has 3 aromatic rings. The van der Waals surface area contributed by atoms with E-state index >= 15 is 0 Å². The van der Waals surface area contributed by atoms with Crippen molar-refractivity contribution in [3.8, 4) is 28.3 Å². The largest absolute Gasteiger partial charge is 0.472 e. The van der Waals surface area contributed by atoms with Crippen LogP contribution in [0.1, 0.15) is 5.56 Å². The predicted molar refractivity (Wildman–Crippen MR) is 105 cm³/mol. The van der Waals surface area contributed by atoms with Gasteiger partial charge in [0.1, 0.15) is 5.75 Å². The van der Waals surface area contributed by atoms with E-state index in [-0.39, 0.29) is 6.73 Å². The molecule has 29 heavy (non-hydrogen) atoms. The van der Waals surface area contributed by atoms with Crippen molar-refractivity contribution in [1.82, 2.24) is 25.5 Å². The third-order valence-corrected chi connectivity index (χ3v) is 5.25. The van der Waals surface area contributed by atoms with Crippen LogP contribution in [-0.4, -0.2) is 65.0 Å². The molecular formula is C20H20N6O3. The first-order chi connectivity index (χ1) is 14.3. The van der Waals surface area contributed by atoms with Gasteiger partial charge in [0.15, 0.2) is 12.6 Å². The molecule has 0 unspecified atom stereocenters. The number of morpholine rings is 1. The lowest BCUT2D eigenvalue weighted by molar-refractivity contribution is -0.122. The molecule has 0 radical (unpaired) electrons. The summed E-state index contributed by atoms with van der Waals surface area (Å²) in [4.78, 5) is 15.0. The van der Waals surface area contributed by atoms with Crippen LogP contribution in [0.4, 0.5) is 5.69 Å². The van der Waals surface area contributed by atoms with Gasteiger partial charge < -0.3 is 19.3 Å². The maximum Gasteiger partial charge on any atom is 0.212 e. The number of carbonyl (C=O) groups is 1. The minimum Gasteiger partial charge on any atom is -0.472 e. The maximum absolute atomic E-state index is 11.1. The van der Waals surface area contributed by atoms with Gasteiger partial charge >= 0.3 is 0 Å². The average Bonchev–Trinajstić information content (AvgIpc) is 3.33. The Balaban J connectivity index is 1.59. The number of carbonyl (C=O) groups excluding carboxylic acids is 1. The monoisotopic (exact) mass is 392 g/mol. The summed E-state index contributed by atoms with van der Waals surface area (Å²) in [5.74, 6) is 1.46. The van der Waals surface area contributed by atoms with Gasteiger partial charge in [0.2, 0.25) is 6.41 Å². The smallest absolute Gasteiger partial charge is 0.212 e. The first kappa shape index (κ1) is 17.6. The van der Waals surface area contributed by atoms with Crippen LogP contribution in [0, 0.1) is 0 Å². The van der Waals surface area contributed by atoms with Gasteiger partial charge in [-0.15, -0.1) is 5.10 Å². The van der Waals surface area contributed by atoms with Crippen LogP contribution in [0.25, 0.3) is 22.5 Å². The third-order valence-electron chi connectivity index (χ3n) is 5.25. The molecule has 9 heteroatoms. The molecule has 148 valence electrons. The minimum atomic E-state index is 0.256. The van der Waals surface area contributed by atoms with Crippen LogP contribution in [0.2, 0.25) is 0 Å². The number of hydrogen-bond donors (Lipinski definition) is 1. The van der Waals surface area contributed by atoms with E-state index in [0.29, 0.717) is 25.6 Å². The van der Waals surface area contributed by atoms with Crippen LogP contribution >= 0.6 is 0 Å². The van der Waals surface area contributed by atoms with Crippen molar-refractivity contribution in [1.29, 1.82) is 0 Å². The number of nitrogens with one attached hydrogen (secondary N) is 1. The van der Waals surface area contributed by atoms with Crippen LogP contribution in [0.15, 0.2) is 36.4 Å². The van der Waals surface area contributed by atoms with Crippen LogP contribution < -0.4 is 9.64 Å². The highest BCUT2D eigenvalue weighted by Crippen LogP contribution is 2.39. The number of benzene rings is 2. The molecule has 0 atom stereocenters. The number of fused-ring (bicyclic) bond motifs is 1. The molecule has 0 spiro atoms. The van der Waals surface area contributed by atoms with Gasteiger partial charge in [-0.25, -0.2) is 5.10 Å². The van der Waals surface area contributed by atoms with E-state index in [9.17, 15) is 4.79 Å². The van der Waals surface area contributed by atoms with Crippen LogP contribution in [0.5, 0.6) is 5.75 Å². The fourth-order valence-corrected chi connectivity index (χ4v) is 3.83. The van der Waals surface area contributed by atoms with Gasteiger partial charge in [0, 0.05) is 35.5 Å². The first-order valence-electron chi connectivity index (χ1n) is 9.49. The Kier molecular flexibility index (Phi) is 4.57. The second-order valence-corrected chi connectivity index (χ2v) is 7.00. The molecule has 0 saturated carbocycles. The SMILES string of the molecule is O=CN1COc2c(cccc2-c2ccc(-c3nnn[nH]3)c(N3CCOCC3)c2)C1. The van der Waals surface area contributed by atoms with Gasteiger partial charge in [0.05, 0.1) is 19.8 Å². The summed E-state index contributed by atoms with van der Waals surface area (Å²) in [6.07, 6.45) is 0.812. The summed E-state index contributed by atoms with van der Waals surface area (Å²) >= 11 is 0. The van der Waals surface area contributed by atoms with Crippen LogP contribution in [-0.2, 0) is 16.1 Å². The Morgan fingerprint density at radius 2 is 2.00 bits per heavy atom. The minimum absolute atomic E-state index is 0.256. The molecule has 2 aliphatic rings. The zero-order valence-corrected chi connectivity index (χ0v) is 15.7. The molecule has 2 aromatic carbocycles. The predicted octanol–water partition coefficient (Wildman–Crippen LogP) is 1.68. The third kappa shape index (κ3) is 3.29. The Morgan fingerprint density at radius 1 is 1.10 bits per heavy atom. The summed E-state index contributed by atoms with van der Waals surface area (Å²) < 4.78 is 11.4. The molecule has 1 N–H and O–H groups in total. The first-order valence-corrected chi connectivity index (χ1v) is 9.49. The lowest BCUT2D eigenvalue weighted by Gasteiger charge is -2.31. The van der Waals surface area contributed by atoms with Crippen molar-refractivity contribution in [3.63, 3.8) is 0 Å². The highest BCUT2D eigenvalue weighted by Gasteiger charge is 2.22. The summed E-state index contributed by atoms with van der Waals surface area (Å²) in [7, 11) is 0. The Labute approximate surface area is 167 Å². The van der Waals surface area contributed by atoms with Gasteiger partial charge in [-0.05, 0) is 28.1 Å². The summed E-state index contributed by atoms with van der Waals surface area (Å²) in [5, 5.41) is 14.4. The van der Waals surface area contributed by atoms with Crippen molar-refractivity contribution in [2.24, 2.45) is 0 Å². The zero-order valence-electron chi connectivity index (χ0n) is 15.7. The molecule has 1 saturated heterocycles. The summed E-state index contributed by atoms with van der Waals surface area (Å²) in [6, 6.07) is 12.3. The second-order valence-electron chi connectivity index (χ2n) is 7.00. The van der Waals surface area contributed by atoms with E-state index in [1.165, 1.54) is 0 Å². The molecule has 9 nitrogen and oxygen atoms in total. The van der Waals surface area contributed by atoms with Gasteiger partial charge in [-0.1, -0.05) is 24.3 Å². The second kappa shape index (κ2) is 7.51. The van der Waals surface area contributed by atoms with E-state index in [1.54, 1.807) is 4.90 Å². The summed E-state index contributed by atoms with van der Waals surface area (Å²) in [5.41, 5.74) is 5.03. The van der Waals surface area contributed by atoms with Crippen molar-refractivity contribution < 1.29 is 14.3 Å². The molecule has 1 amide bonds. The quantitative estimate of drug-likeness (QED) is 0.675. The fourth-order valence-electron chi connectivity index (χ4n) is 3.83. The molecule has 0 aliphatic carbocycles. The molecule has 2 aliphatic heterocycles. The van der Waals surface area contributed by atoms with Crippen molar-refractivity contribution in [3.05, 3.63) is 42.0 Å². The fraction of sp³-hybridized carbons (Fsp3) is 0.300. The van der Waals surface area contributed by atoms with Crippen molar-refractivity contribution in [2.75, 3.05) is 37.9 Å². The van der Waals surface area contributed by atoms with E-state index in [1.807, 2.05) is 30.3 Å². The van der Waals surface area contributed by atoms with Crippen LogP contribution in [0.3, 0.4) is 0 Å². The number of rotatable bonds is 4. The molecule has 3 heterocycles. The number of para-hydroxylation sites is 1. The number of anilines is 1. The number of ether oxygens (including phenoxy) is 2. The lowest BCUT2D eigenvalue weighted by Crippen LogP contribution is -2.36. The average molecular weight is 392 g/mol. The number of nitrogens with zero attached hydrogens (tertiary/aromatic N) is 5. The number of amides is 1. The van der Waals surface area contributed by atoms with Gasteiger partial charge in [-0.3, -0.25) is 4.79 Å². The highest BCUT2D eigenvalue weighted by atomic mass is 16.5. The standard InChI is InChI=1S/C20H20N6O3/c27-12-25-11-15-2-1-3-16(19(15)29-13-25)14-4-5-17(20-21-23-24-22-20)18(10-14)26-6-8-28-9-7-26/h1-5,10,12H,6-9,11,13H2,(H,21,22,23,24). The molecule has 0 bridgehead atoms. The summed E-state index contributed by atoms with van der Waals surface area (Å²) in [6.45, 7) is 3.77. The Hall–Kier alpha value is -3.46. The number of hydrogen-bond acceptors (Lipinski definition) is 7. The topological polar surface area (TPSA) is 96.5 Å². The lowest BCUT2D eigenvalue weighted by atomic mass is 9.97. The molecular weight excluding hydrogens is 372 g/mol. The number of aromatic amines is 1. The molecule has 1 aromatic heterocycles. The normalized spacial score (nSPS) is 16.3. The zero-order chi connectivity index (χ0) is 19.6. The van der Waals surface area contributed by atoms with Crippen molar-refractivity contribution in [2.45, 2.75) is 6.54 Å². The highest BCUT2D eigenvalue weighted by molar-refractivity contribution is 5.83. The van der Waals surface area contributed by atoms with Gasteiger partial charge in [-0.2, -0.15) is 0 Å². The van der Waals surface area contributed by atoms with Crippen molar-refractivity contribution >= 4 is 12.1 Å². The van der Waals surface area contributed by atoms with E-state index in [4.69, 9.17) is 9.47 Å². The molecule has 5 rings (SSSR count). The maximum atomic E-state index is 11.1. The van der Waals surface area contributed by atoms with E-state index in [0.717, 1.165) is 53.2 Å². The van der Waals surface area contributed by atoms with E-state index in [2.05, 4.69) is 31.6 Å². The Bertz CT molecular complexity index is 1020. The molecule has 1 fully saturated rings. The van der Waals surface area contributed by atoms with Gasteiger partial charge in [0.25, 0.3) is 0 Å². The number of aromatic nitrogens is 4. The Morgan fingerprint density at radius 3 is 2.79 bits per heavy atom. The number of H-pyrrole nitrogens is 1. The van der Waals surface area contributed by atoms with E-state index < -0.39 is 0 Å².